The minimum atomic E-state index is -4.75. The Labute approximate surface area is 316 Å². The number of benzene rings is 3. The van der Waals surface area contributed by atoms with Gasteiger partial charge in [-0.2, -0.15) is 9.47 Å². The molecule has 1 fully saturated rings. The number of sulfonamides is 1. The van der Waals surface area contributed by atoms with E-state index in [1.807, 2.05) is 0 Å². The summed E-state index contributed by atoms with van der Waals surface area (Å²) in [6.45, 7) is 5.77. The van der Waals surface area contributed by atoms with E-state index in [2.05, 4.69) is 37.0 Å². The van der Waals surface area contributed by atoms with Crippen LogP contribution >= 0.6 is 34.1 Å². The van der Waals surface area contributed by atoms with E-state index in [1.165, 1.54) is 14.2 Å². The Hall–Kier alpha value is -4.56. The molecule has 0 N–H and O–H groups in total. The van der Waals surface area contributed by atoms with Gasteiger partial charge in [-0.3, -0.25) is 4.68 Å². The first kappa shape index (κ1) is 37.2. The van der Waals surface area contributed by atoms with Crippen molar-refractivity contribution >= 4 is 55.4 Å². The minimum Gasteiger partial charge on any atom is -0.497 e. The maximum atomic E-state index is 15.9. The third kappa shape index (κ3) is 7.77. The van der Waals surface area contributed by atoms with Crippen LogP contribution in [0.3, 0.4) is 0 Å². The number of nitrogens with zero attached hydrogens (tertiary/aromatic N) is 6. The highest BCUT2D eigenvalue weighted by molar-refractivity contribution is 14.1. The van der Waals surface area contributed by atoms with Gasteiger partial charge in [0.15, 0.2) is 11.6 Å². The van der Waals surface area contributed by atoms with Crippen LogP contribution in [0.5, 0.6) is 23.0 Å². The largest absolute Gasteiger partial charge is 0.497 e. The second kappa shape index (κ2) is 14.8. The van der Waals surface area contributed by atoms with Crippen molar-refractivity contribution in [3.8, 4) is 34.3 Å². The van der Waals surface area contributed by atoms with Crippen LogP contribution in [0.25, 0.3) is 11.3 Å². The van der Waals surface area contributed by atoms with Crippen LogP contribution in [0.2, 0.25) is 0 Å². The number of hydrogen-bond acceptors (Lipinski definition) is 11. The van der Waals surface area contributed by atoms with E-state index < -0.39 is 44.0 Å². The first-order valence-electron chi connectivity index (χ1n) is 15.7. The molecule has 0 spiro atoms. The normalized spacial score (nSPS) is 13.4. The predicted molar refractivity (Wildman–Crippen MR) is 196 cm³/mol. The summed E-state index contributed by atoms with van der Waals surface area (Å²) in [5, 5.41) is 4.40. The molecule has 0 radical (unpaired) electrons. The molecule has 13 nitrogen and oxygen atoms in total. The minimum absolute atomic E-state index is 0.0705. The Morgan fingerprint density at radius 3 is 2.44 bits per heavy atom. The fourth-order valence-electron chi connectivity index (χ4n) is 5.39. The molecular formula is C34H33F2IN6O7S2. The van der Waals surface area contributed by atoms with Crippen molar-refractivity contribution in [1.29, 1.82) is 0 Å². The summed E-state index contributed by atoms with van der Waals surface area (Å²) < 4.78 is 89.2. The lowest BCUT2D eigenvalue weighted by Crippen LogP contribution is -2.52. The molecule has 1 aliphatic heterocycles. The van der Waals surface area contributed by atoms with Crippen LogP contribution in [0.4, 0.5) is 18.7 Å². The molecule has 2 aromatic heterocycles. The topological polar surface area (TPSA) is 138 Å². The van der Waals surface area contributed by atoms with Gasteiger partial charge < -0.3 is 23.8 Å². The Morgan fingerprint density at radius 1 is 1.00 bits per heavy atom. The standard InChI is InChI=1S/C34H33F2IN6O7S2/c1-34(2,3)50-33(44)41-17-22(18-41)43-27(10-11-39-43)24-12-21(37)7-9-28(24)49-30-14-26(36)31(15-25(30)35)52(45,46)42(32-38-19-40-51-32)16-20-6-8-23(47-4)13-29(20)48-5/h6-15,19,22H,16-18H2,1-5H3. The second-order valence-corrected chi connectivity index (χ2v) is 16.4. The molecule has 3 aromatic carbocycles. The van der Waals surface area contributed by atoms with Crippen LogP contribution in [-0.2, 0) is 21.3 Å². The Kier molecular flexibility index (Phi) is 10.6. The highest BCUT2D eigenvalue weighted by atomic mass is 127. The van der Waals surface area contributed by atoms with Crippen LogP contribution in [0.1, 0.15) is 32.4 Å². The zero-order valence-electron chi connectivity index (χ0n) is 28.5. The van der Waals surface area contributed by atoms with Gasteiger partial charge in [0.25, 0.3) is 10.0 Å². The summed E-state index contributed by atoms with van der Waals surface area (Å²) in [6.07, 6.45) is 2.33. The van der Waals surface area contributed by atoms with Gasteiger partial charge in [-0.1, -0.05) is 0 Å². The van der Waals surface area contributed by atoms with Gasteiger partial charge >= 0.3 is 6.09 Å². The summed E-state index contributed by atoms with van der Waals surface area (Å²) >= 11 is 2.89. The van der Waals surface area contributed by atoms with Crippen molar-refractivity contribution < 1.29 is 40.9 Å². The van der Waals surface area contributed by atoms with Gasteiger partial charge in [0.2, 0.25) is 5.13 Å². The molecule has 0 bridgehead atoms. The Bertz CT molecular complexity index is 2210. The maximum Gasteiger partial charge on any atom is 0.410 e. The average molecular weight is 867 g/mol. The van der Waals surface area contributed by atoms with Crippen LogP contribution in [-0.4, -0.2) is 71.5 Å². The monoisotopic (exact) mass is 866 g/mol. The second-order valence-electron chi connectivity index (χ2n) is 12.6. The van der Waals surface area contributed by atoms with E-state index in [1.54, 1.807) is 79.0 Å². The molecule has 3 heterocycles. The lowest BCUT2D eigenvalue weighted by atomic mass is 10.1. The molecule has 5 aromatic rings. The van der Waals surface area contributed by atoms with Crippen molar-refractivity contribution in [2.24, 2.45) is 0 Å². The lowest BCUT2D eigenvalue weighted by molar-refractivity contribution is -0.000191. The van der Waals surface area contributed by atoms with Gasteiger partial charge in [0.05, 0.1) is 32.5 Å². The predicted octanol–water partition coefficient (Wildman–Crippen LogP) is 7.28. The number of carbonyl (C=O) groups excluding carboxylic acids is 1. The molecule has 0 atom stereocenters. The molecule has 6 rings (SSSR count). The summed E-state index contributed by atoms with van der Waals surface area (Å²) in [5.41, 5.74) is 0.914. The van der Waals surface area contributed by atoms with Crippen molar-refractivity contribution in [2.45, 2.75) is 43.9 Å². The van der Waals surface area contributed by atoms with E-state index in [0.29, 0.717) is 53.5 Å². The highest BCUT2D eigenvalue weighted by Gasteiger charge is 2.37. The third-order valence-corrected chi connectivity index (χ3v) is 11.1. The van der Waals surface area contributed by atoms with Gasteiger partial charge in [0.1, 0.15) is 39.9 Å². The van der Waals surface area contributed by atoms with E-state index >= 15 is 8.78 Å². The van der Waals surface area contributed by atoms with E-state index in [4.69, 9.17) is 18.9 Å². The van der Waals surface area contributed by atoms with Gasteiger partial charge in [0, 0.05) is 63.7 Å². The number of amides is 1. The third-order valence-electron chi connectivity index (χ3n) is 7.89. The number of anilines is 1. The van der Waals surface area contributed by atoms with Crippen LogP contribution in [0, 0.1) is 15.2 Å². The Morgan fingerprint density at radius 2 is 1.77 bits per heavy atom. The molecule has 18 heteroatoms. The number of hydrogen-bond donors (Lipinski definition) is 0. The molecule has 0 aliphatic carbocycles. The number of rotatable bonds is 11. The average Bonchev–Trinajstić information content (AvgIpc) is 3.77. The number of aromatic nitrogens is 4. The Balaban J connectivity index is 1.29. The van der Waals surface area contributed by atoms with Crippen molar-refractivity contribution in [1.82, 2.24) is 24.0 Å². The fourth-order valence-corrected chi connectivity index (χ4v) is 8.07. The number of carbonyl (C=O) groups is 1. The van der Waals surface area contributed by atoms with E-state index in [-0.39, 0.29) is 23.5 Å². The fraction of sp³-hybridized carbons (Fsp3) is 0.294. The zero-order chi connectivity index (χ0) is 37.4. The number of likely N-dealkylation sites (tertiary alicyclic amines) is 1. The zero-order valence-corrected chi connectivity index (χ0v) is 32.3. The SMILES string of the molecule is COc1ccc(CN(c2ncns2)S(=O)(=O)c2cc(F)c(Oc3ccc(I)cc3-c3ccnn3C3CN(C(=O)OC(C)(C)C)C3)cc2F)c(OC)c1. The number of ether oxygens (including phenoxy) is 4. The van der Waals surface area contributed by atoms with Gasteiger partial charge in [-0.05, 0) is 79.8 Å². The quantitative estimate of drug-likeness (QED) is 0.125. The summed E-state index contributed by atoms with van der Waals surface area (Å²) in [6, 6.07) is 12.8. The molecule has 274 valence electrons. The molecule has 1 amide bonds. The molecule has 0 saturated carbocycles. The van der Waals surface area contributed by atoms with Crippen LogP contribution < -0.4 is 18.5 Å². The van der Waals surface area contributed by atoms with Crippen LogP contribution in [0.15, 0.2) is 72.0 Å². The summed E-state index contributed by atoms with van der Waals surface area (Å²) in [5.74, 6) is -1.95. The molecule has 1 saturated heterocycles. The molecule has 0 unspecified atom stereocenters. The highest BCUT2D eigenvalue weighted by Crippen LogP contribution is 2.39. The first-order valence-corrected chi connectivity index (χ1v) is 19.0. The maximum absolute atomic E-state index is 15.9. The number of halogens is 3. The van der Waals surface area contributed by atoms with Gasteiger partial charge in [-0.25, -0.2) is 31.3 Å². The summed E-state index contributed by atoms with van der Waals surface area (Å²) in [7, 11) is -1.86. The van der Waals surface area contributed by atoms with Crippen molar-refractivity contribution in [3.05, 3.63) is 87.9 Å². The van der Waals surface area contributed by atoms with Gasteiger partial charge in [-0.15, -0.1) is 0 Å². The molecular weight excluding hydrogens is 833 g/mol. The first-order chi connectivity index (χ1) is 24.7. The van der Waals surface area contributed by atoms with Crippen molar-refractivity contribution in [3.63, 3.8) is 0 Å². The smallest absolute Gasteiger partial charge is 0.410 e. The summed E-state index contributed by atoms with van der Waals surface area (Å²) in [4.78, 5) is 17.2. The van der Waals surface area contributed by atoms with E-state index in [0.717, 1.165) is 25.7 Å². The van der Waals surface area contributed by atoms with E-state index in [9.17, 15) is 13.2 Å². The number of methoxy groups -OCH3 is 2. The molecule has 52 heavy (non-hydrogen) atoms. The lowest BCUT2D eigenvalue weighted by Gasteiger charge is -2.40. The molecule has 1 aliphatic rings. The van der Waals surface area contributed by atoms with Crippen molar-refractivity contribution in [2.75, 3.05) is 31.6 Å².